The molecular weight excluding hydrogens is 328 g/mol. The fourth-order valence-electron chi connectivity index (χ4n) is 2.44. The maximum absolute atomic E-state index is 12.5. The lowest BCUT2D eigenvalue weighted by Crippen LogP contribution is -2.41. The summed E-state index contributed by atoms with van der Waals surface area (Å²) in [7, 11) is 3.97. The number of likely N-dealkylation sites (tertiary alicyclic amines) is 1. The van der Waals surface area contributed by atoms with Gasteiger partial charge in [0.05, 0.1) is 14.8 Å². The summed E-state index contributed by atoms with van der Waals surface area (Å²) in [4.78, 5) is 17.1. The zero-order chi connectivity index (χ0) is 14.2. The summed E-state index contributed by atoms with van der Waals surface area (Å²) in [5, 5.41) is 9.82. The Morgan fingerprint density at radius 1 is 1.63 bits per heavy atom. The van der Waals surface area contributed by atoms with Crippen LogP contribution in [-0.4, -0.2) is 60.1 Å². The van der Waals surface area contributed by atoms with Gasteiger partial charge < -0.3 is 14.9 Å². The first-order valence-electron chi connectivity index (χ1n) is 6.28. The number of rotatable bonds is 3. The highest BCUT2D eigenvalue weighted by Gasteiger charge is 2.35. The molecule has 0 aliphatic carbocycles. The zero-order valence-corrected chi connectivity index (χ0v) is 13.8. The van der Waals surface area contributed by atoms with Crippen LogP contribution in [0.5, 0.6) is 0 Å². The SMILES string of the molecule is Cc1cc(C(=O)N2CC(O)CC2CN(C)C)sc1Br. The van der Waals surface area contributed by atoms with E-state index in [9.17, 15) is 9.90 Å². The van der Waals surface area contributed by atoms with E-state index in [1.807, 2.05) is 32.0 Å². The molecule has 19 heavy (non-hydrogen) atoms. The summed E-state index contributed by atoms with van der Waals surface area (Å²) >= 11 is 4.91. The van der Waals surface area contributed by atoms with Crippen LogP contribution in [0.2, 0.25) is 0 Å². The second-order valence-corrected chi connectivity index (χ2v) is 7.70. The molecular formula is C13H19BrN2O2S. The summed E-state index contributed by atoms with van der Waals surface area (Å²) < 4.78 is 1.000. The molecule has 1 fully saturated rings. The van der Waals surface area contributed by atoms with Crippen molar-refractivity contribution in [2.75, 3.05) is 27.2 Å². The molecule has 0 saturated carbocycles. The van der Waals surface area contributed by atoms with Crippen LogP contribution in [0.1, 0.15) is 21.7 Å². The summed E-state index contributed by atoms with van der Waals surface area (Å²) in [5.41, 5.74) is 1.08. The van der Waals surface area contributed by atoms with Gasteiger partial charge in [-0.15, -0.1) is 11.3 Å². The fraction of sp³-hybridized carbons (Fsp3) is 0.615. The minimum absolute atomic E-state index is 0.0298. The molecule has 1 aromatic rings. The van der Waals surface area contributed by atoms with E-state index in [1.54, 1.807) is 0 Å². The van der Waals surface area contributed by atoms with E-state index in [0.29, 0.717) is 13.0 Å². The van der Waals surface area contributed by atoms with E-state index in [1.165, 1.54) is 11.3 Å². The standard InChI is InChI=1S/C13H19BrN2O2S/c1-8-4-11(19-12(8)14)13(18)16-7-10(17)5-9(16)6-15(2)3/h4,9-10,17H,5-7H2,1-3H3. The summed E-state index contributed by atoms with van der Waals surface area (Å²) in [5.74, 6) is 0.0298. The topological polar surface area (TPSA) is 43.8 Å². The van der Waals surface area contributed by atoms with Gasteiger partial charge in [-0.1, -0.05) is 0 Å². The number of amides is 1. The molecule has 2 unspecified atom stereocenters. The maximum atomic E-state index is 12.5. The highest BCUT2D eigenvalue weighted by molar-refractivity contribution is 9.11. The van der Waals surface area contributed by atoms with Gasteiger partial charge in [0, 0.05) is 19.1 Å². The van der Waals surface area contributed by atoms with Crippen LogP contribution in [0, 0.1) is 6.92 Å². The number of aryl methyl sites for hydroxylation is 1. The molecule has 1 N–H and O–H groups in total. The lowest BCUT2D eigenvalue weighted by molar-refractivity contribution is 0.0704. The Morgan fingerprint density at radius 2 is 2.32 bits per heavy atom. The zero-order valence-electron chi connectivity index (χ0n) is 11.4. The summed E-state index contributed by atoms with van der Waals surface area (Å²) in [6, 6.07) is 2.01. The van der Waals surface area contributed by atoms with E-state index in [-0.39, 0.29) is 11.9 Å². The van der Waals surface area contributed by atoms with Crippen molar-refractivity contribution in [1.82, 2.24) is 9.80 Å². The molecule has 4 nitrogen and oxygen atoms in total. The van der Waals surface area contributed by atoms with Crippen molar-refractivity contribution in [3.8, 4) is 0 Å². The second kappa shape index (κ2) is 5.91. The van der Waals surface area contributed by atoms with Gasteiger partial charge in [0.1, 0.15) is 0 Å². The van der Waals surface area contributed by atoms with Gasteiger partial charge in [0.25, 0.3) is 5.91 Å². The average molecular weight is 347 g/mol. The molecule has 6 heteroatoms. The Bertz CT molecular complexity index is 456. The molecule has 106 valence electrons. The van der Waals surface area contributed by atoms with Crippen LogP contribution in [0.4, 0.5) is 0 Å². The van der Waals surface area contributed by atoms with E-state index < -0.39 is 6.10 Å². The molecule has 2 heterocycles. The van der Waals surface area contributed by atoms with Crippen LogP contribution >= 0.6 is 27.3 Å². The first-order valence-corrected chi connectivity index (χ1v) is 7.89. The third-order valence-electron chi connectivity index (χ3n) is 3.30. The van der Waals surface area contributed by atoms with Crippen LogP contribution in [-0.2, 0) is 0 Å². The number of carbonyl (C=O) groups excluding carboxylic acids is 1. The van der Waals surface area contributed by atoms with Crippen molar-refractivity contribution in [1.29, 1.82) is 0 Å². The van der Waals surface area contributed by atoms with E-state index in [4.69, 9.17) is 0 Å². The Hall–Kier alpha value is -0.430. The molecule has 0 radical (unpaired) electrons. The third-order valence-corrected chi connectivity index (χ3v) is 5.42. The highest BCUT2D eigenvalue weighted by Crippen LogP contribution is 2.30. The monoisotopic (exact) mass is 346 g/mol. The molecule has 0 spiro atoms. The van der Waals surface area contributed by atoms with E-state index in [0.717, 1.165) is 20.8 Å². The smallest absolute Gasteiger partial charge is 0.264 e. The van der Waals surface area contributed by atoms with Crippen molar-refractivity contribution >= 4 is 33.2 Å². The minimum Gasteiger partial charge on any atom is -0.391 e. The number of nitrogens with zero attached hydrogens (tertiary/aromatic N) is 2. The molecule has 1 saturated heterocycles. The van der Waals surface area contributed by atoms with Gasteiger partial charge in [-0.3, -0.25) is 4.79 Å². The number of aliphatic hydroxyl groups excluding tert-OH is 1. The molecule has 1 aliphatic heterocycles. The van der Waals surface area contributed by atoms with Crippen molar-refractivity contribution < 1.29 is 9.90 Å². The van der Waals surface area contributed by atoms with Crippen molar-refractivity contribution in [2.45, 2.75) is 25.5 Å². The largest absolute Gasteiger partial charge is 0.391 e. The fourth-order valence-corrected chi connectivity index (χ4v) is 3.93. The quantitative estimate of drug-likeness (QED) is 0.909. The summed E-state index contributed by atoms with van der Waals surface area (Å²) in [6.07, 6.45) is 0.258. The molecule has 2 rings (SSSR count). The van der Waals surface area contributed by atoms with Gasteiger partial charge in [0.2, 0.25) is 0 Å². The summed E-state index contributed by atoms with van der Waals surface area (Å²) in [6.45, 7) is 3.20. The van der Waals surface area contributed by atoms with Gasteiger partial charge in [-0.05, 0) is 55.0 Å². The number of aliphatic hydroxyl groups is 1. The number of likely N-dealkylation sites (N-methyl/N-ethyl adjacent to an activating group) is 1. The van der Waals surface area contributed by atoms with Gasteiger partial charge in [-0.25, -0.2) is 0 Å². The van der Waals surface area contributed by atoms with Crippen LogP contribution in [0.3, 0.4) is 0 Å². The molecule has 1 amide bonds. The van der Waals surface area contributed by atoms with Gasteiger partial charge in [0.15, 0.2) is 0 Å². The van der Waals surface area contributed by atoms with Gasteiger partial charge in [-0.2, -0.15) is 0 Å². The van der Waals surface area contributed by atoms with Crippen LogP contribution in [0.25, 0.3) is 0 Å². The molecule has 0 bridgehead atoms. The first-order chi connectivity index (χ1) is 8.88. The maximum Gasteiger partial charge on any atom is 0.264 e. The Labute approximate surface area is 126 Å². The average Bonchev–Trinajstić information content (AvgIpc) is 2.82. The van der Waals surface area contributed by atoms with E-state index >= 15 is 0 Å². The molecule has 1 aliphatic rings. The van der Waals surface area contributed by atoms with Crippen molar-refractivity contribution in [2.24, 2.45) is 0 Å². The normalized spacial score (nSPS) is 23.4. The highest BCUT2D eigenvalue weighted by atomic mass is 79.9. The number of hydrogen-bond donors (Lipinski definition) is 1. The van der Waals surface area contributed by atoms with Crippen LogP contribution in [0.15, 0.2) is 9.85 Å². The van der Waals surface area contributed by atoms with Crippen LogP contribution < -0.4 is 0 Å². The lowest BCUT2D eigenvalue weighted by Gasteiger charge is -2.26. The third kappa shape index (κ3) is 3.37. The van der Waals surface area contributed by atoms with Crippen molar-refractivity contribution in [3.05, 3.63) is 20.3 Å². The number of carbonyl (C=O) groups is 1. The first kappa shape index (κ1) is 15.0. The number of hydrogen-bond acceptors (Lipinski definition) is 4. The molecule has 2 atom stereocenters. The Kier molecular flexibility index (Phi) is 4.66. The predicted molar refractivity (Wildman–Crippen MR) is 80.8 cm³/mol. The predicted octanol–water partition coefficient (Wildman–Crippen LogP) is 1.96. The Morgan fingerprint density at radius 3 is 2.84 bits per heavy atom. The number of β-amino-alcohol motifs (C(OH)–C–C–N with tert-alkyl or cyclic N) is 1. The second-order valence-electron chi connectivity index (χ2n) is 5.33. The van der Waals surface area contributed by atoms with Gasteiger partial charge >= 0.3 is 0 Å². The van der Waals surface area contributed by atoms with Crippen molar-refractivity contribution in [3.63, 3.8) is 0 Å². The Balaban J connectivity index is 2.16. The lowest BCUT2D eigenvalue weighted by atomic mass is 10.2. The number of thiophene rings is 1. The number of halogens is 1. The molecule has 0 aromatic carbocycles. The minimum atomic E-state index is -0.404. The van der Waals surface area contributed by atoms with E-state index in [2.05, 4.69) is 20.8 Å². The molecule has 1 aromatic heterocycles.